The quantitative estimate of drug-likeness (QED) is 0.145. The van der Waals surface area contributed by atoms with Gasteiger partial charge in [0.2, 0.25) is 0 Å². The van der Waals surface area contributed by atoms with Crippen molar-refractivity contribution in [1.29, 1.82) is 0 Å². The Kier molecular flexibility index (Phi) is 9.90. The van der Waals surface area contributed by atoms with E-state index in [9.17, 15) is 0 Å². The standard InChI is InChI=1S/C50H40/c1-3-4-17-37(2)47-29-16-24-40(44-27-14-25-42(34-44)38-18-8-5-9-19-38)30-32-48(41-22-12-7-13-23-41)49-33-31-46(36-50(47)49)45-28-15-26-43(35-45)39-20-10-6-11-21-39/h3-12,14-22,24-36H,1-2,13,23H2/b17-4-,24-16?,29-16?,32-30?,40-24?,40-30?,47-29?,48-32?,49-48?,50-47?. The second-order valence-corrected chi connectivity index (χ2v) is 12.6. The second kappa shape index (κ2) is 15.3. The van der Waals surface area contributed by atoms with Crippen molar-refractivity contribution >= 4 is 21.9 Å². The Balaban J connectivity index is 1.48. The Morgan fingerprint density at radius 1 is 0.500 bits per heavy atom. The van der Waals surface area contributed by atoms with E-state index in [0.29, 0.717) is 0 Å². The van der Waals surface area contributed by atoms with E-state index in [4.69, 9.17) is 0 Å². The van der Waals surface area contributed by atoms with Crippen molar-refractivity contribution in [3.05, 3.63) is 218 Å². The minimum absolute atomic E-state index is 0.931. The second-order valence-electron chi connectivity index (χ2n) is 12.6. The molecule has 0 N–H and O–H groups in total. The van der Waals surface area contributed by atoms with E-state index in [2.05, 4.69) is 195 Å². The molecule has 0 unspecified atom stereocenters. The SMILES string of the molecule is C=C/C=C\C(=C)c1cccc(-c2cccc(-c3ccccc3)c2)ccc(C2=CC=CCC2)c2ccc(-c3cccc(-c4ccccc4)c3)cc12. The van der Waals surface area contributed by atoms with Gasteiger partial charge in [-0.3, -0.25) is 0 Å². The fraction of sp³-hybridized carbons (Fsp3) is 0.0400. The van der Waals surface area contributed by atoms with Crippen molar-refractivity contribution in [2.75, 3.05) is 0 Å². The van der Waals surface area contributed by atoms with Crippen LogP contribution >= 0.6 is 0 Å². The first-order valence-corrected chi connectivity index (χ1v) is 17.3. The fourth-order valence-electron chi connectivity index (χ4n) is 6.71. The summed E-state index contributed by atoms with van der Waals surface area (Å²) in [7, 11) is 0. The number of rotatable bonds is 8. The molecule has 0 fully saturated rings. The lowest BCUT2D eigenvalue weighted by Crippen LogP contribution is -1.91. The Bertz CT molecular complexity index is 2330. The molecule has 6 aromatic rings. The zero-order valence-electron chi connectivity index (χ0n) is 28.3. The maximum atomic E-state index is 4.56. The van der Waals surface area contributed by atoms with Crippen LogP contribution in [-0.2, 0) is 0 Å². The third kappa shape index (κ3) is 7.26. The zero-order chi connectivity index (χ0) is 34.1. The average molecular weight is 641 g/mol. The van der Waals surface area contributed by atoms with Crippen molar-refractivity contribution in [2.45, 2.75) is 12.8 Å². The van der Waals surface area contributed by atoms with Gasteiger partial charge in [0.15, 0.2) is 0 Å². The highest BCUT2D eigenvalue weighted by atomic mass is 14.2. The summed E-state index contributed by atoms with van der Waals surface area (Å²) in [6.45, 7) is 8.48. The van der Waals surface area contributed by atoms with Gasteiger partial charge < -0.3 is 0 Å². The van der Waals surface area contributed by atoms with E-state index < -0.39 is 0 Å². The molecule has 0 bridgehead atoms. The topological polar surface area (TPSA) is 0 Å². The molecule has 0 saturated carbocycles. The van der Waals surface area contributed by atoms with Gasteiger partial charge in [0.25, 0.3) is 0 Å². The summed E-state index contributed by atoms with van der Waals surface area (Å²) in [6, 6.07) is 56.9. The van der Waals surface area contributed by atoms with Crippen molar-refractivity contribution in [1.82, 2.24) is 0 Å². The summed E-state index contributed by atoms with van der Waals surface area (Å²) in [4.78, 5) is 0. The summed E-state index contributed by atoms with van der Waals surface area (Å²) < 4.78 is 0. The van der Waals surface area contributed by atoms with E-state index in [-0.39, 0.29) is 0 Å². The van der Waals surface area contributed by atoms with Gasteiger partial charge in [-0.15, -0.1) is 0 Å². The highest BCUT2D eigenvalue weighted by Crippen LogP contribution is 2.36. The Morgan fingerprint density at radius 3 is 1.62 bits per heavy atom. The van der Waals surface area contributed by atoms with Gasteiger partial charge in [0, 0.05) is 0 Å². The van der Waals surface area contributed by atoms with Crippen LogP contribution in [0.5, 0.6) is 0 Å². The summed E-state index contributed by atoms with van der Waals surface area (Å²) in [5, 5.41) is 2.35. The average Bonchev–Trinajstić information content (AvgIpc) is 3.19. The summed E-state index contributed by atoms with van der Waals surface area (Å²) in [5.74, 6) is 0. The lowest BCUT2D eigenvalue weighted by Gasteiger charge is -2.15. The van der Waals surface area contributed by atoms with Gasteiger partial charge in [-0.25, -0.2) is 0 Å². The lowest BCUT2D eigenvalue weighted by atomic mass is 9.89. The van der Waals surface area contributed by atoms with Crippen LogP contribution in [0.15, 0.2) is 207 Å². The van der Waals surface area contributed by atoms with Crippen LogP contribution in [0.4, 0.5) is 0 Å². The molecule has 1 aliphatic carbocycles. The van der Waals surface area contributed by atoms with Crippen molar-refractivity contribution < 1.29 is 0 Å². The van der Waals surface area contributed by atoms with Crippen LogP contribution in [0.1, 0.15) is 24.0 Å². The predicted octanol–water partition coefficient (Wildman–Crippen LogP) is 14.1. The number of hydrogen-bond acceptors (Lipinski definition) is 0. The molecule has 0 radical (unpaired) electrons. The molecule has 1 aliphatic rings. The minimum Gasteiger partial charge on any atom is -0.0991 e. The summed E-state index contributed by atoms with van der Waals surface area (Å²) in [5.41, 5.74) is 14.1. The molecule has 0 saturated heterocycles. The smallest absolute Gasteiger partial charge is 0.00933 e. The fourth-order valence-corrected chi connectivity index (χ4v) is 6.71. The van der Waals surface area contributed by atoms with Gasteiger partial charge in [-0.05, 0) is 109 Å². The molecule has 0 aromatic heterocycles. The molecule has 240 valence electrons. The molecule has 0 heterocycles. The van der Waals surface area contributed by atoms with Gasteiger partial charge in [0.1, 0.15) is 0 Å². The first-order chi connectivity index (χ1) is 24.7. The van der Waals surface area contributed by atoms with Crippen molar-refractivity contribution in [3.63, 3.8) is 0 Å². The van der Waals surface area contributed by atoms with Crippen LogP contribution in [-0.4, -0.2) is 0 Å². The van der Waals surface area contributed by atoms with Gasteiger partial charge in [0.05, 0.1) is 0 Å². The summed E-state index contributed by atoms with van der Waals surface area (Å²) >= 11 is 0. The Labute approximate surface area is 296 Å². The first kappa shape index (κ1) is 32.3. The number of hydrogen-bond donors (Lipinski definition) is 0. The third-order valence-electron chi connectivity index (χ3n) is 9.31. The molecule has 50 heavy (non-hydrogen) atoms. The molecule has 0 heteroatoms. The maximum absolute atomic E-state index is 4.56. The van der Waals surface area contributed by atoms with Crippen LogP contribution in [0.2, 0.25) is 0 Å². The molecule has 0 nitrogen and oxygen atoms in total. The van der Waals surface area contributed by atoms with E-state index in [0.717, 1.165) is 34.9 Å². The molecule has 0 amide bonds. The molecule has 6 aromatic carbocycles. The molecule has 0 aliphatic heterocycles. The van der Waals surface area contributed by atoms with Crippen LogP contribution in [0, 0.1) is 0 Å². The van der Waals surface area contributed by atoms with E-state index in [1.165, 1.54) is 55.5 Å². The van der Waals surface area contributed by atoms with Crippen LogP contribution < -0.4 is 0 Å². The molecule has 0 spiro atoms. The Morgan fingerprint density at radius 2 is 1.02 bits per heavy atom. The van der Waals surface area contributed by atoms with Crippen LogP contribution in [0.25, 0.3) is 66.4 Å². The molecule has 0 atom stereocenters. The first-order valence-electron chi connectivity index (χ1n) is 17.3. The molecule has 7 rings (SSSR count). The highest BCUT2D eigenvalue weighted by molar-refractivity contribution is 6.02. The lowest BCUT2D eigenvalue weighted by molar-refractivity contribution is 1.06. The largest absolute Gasteiger partial charge is 0.0991 e. The van der Waals surface area contributed by atoms with E-state index in [1.54, 1.807) is 6.08 Å². The highest BCUT2D eigenvalue weighted by Gasteiger charge is 2.12. The van der Waals surface area contributed by atoms with Crippen LogP contribution in [0.3, 0.4) is 0 Å². The number of benzene rings is 5. The normalized spacial score (nSPS) is 12.4. The number of allylic oxidation sites excluding steroid dienone is 8. The van der Waals surface area contributed by atoms with Gasteiger partial charge >= 0.3 is 0 Å². The van der Waals surface area contributed by atoms with Gasteiger partial charge in [-0.1, -0.05) is 189 Å². The minimum atomic E-state index is 0.931. The predicted molar refractivity (Wildman–Crippen MR) is 218 cm³/mol. The monoisotopic (exact) mass is 640 g/mol. The maximum Gasteiger partial charge on any atom is -0.00933 e. The molecular weight excluding hydrogens is 601 g/mol. The third-order valence-corrected chi connectivity index (χ3v) is 9.31. The van der Waals surface area contributed by atoms with Gasteiger partial charge in [-0.2, -0.15) is 0 Å². The van der Waals surface area contributed by atoms with Crippen molar-refractivity contribution in [3.8, 4) is 44.5 Å². The van der Waals surface area contributed by atoms with E-state index in [1.807, 2.05) is 6.08 Å². The van der Waals surface area contributed by atoms with Crippen molar-refractivity contribution in [2.24, 2.45) is 0 Å². The summed E-state index contributed by atoms with van der Waals surface area (Å²) in [6.07, 6.45) is 14.5. The number of fused-ring (bicyclic) bond motifs is 1. The molecular formula is C50H40. The zero-order valence-corrected chi connectivity index (χ0v) is 28.3. The van der Waals surface area contributed by atoms with E-state index >= 15 is 0 Å². The Hall–Kier alpha value is -6.24.